The first kappa shape index (κ1) is 13.7. The summed E-state index contributed by atoms with van der Waals surface area (Å²) in [5, 5.41) is 9.22. The van der Waals surface area contributed by atoms with Gasteiger partial charge >= 0.3 is 5.97 Å². The fraction of sp³-hybridized carbons (Fsp3) is 0.467. The van der Waals surface area contributed by atoms with Crippen molar-refractivity contribution in [1.29, 1.82) is 0 Å². The van der Waals surface area contributed by atoms with Gasteiger partial charge in [-0.3, -0.25) is 14.6 Å². The summed E-state index contributed by atoms with van der Waals surface area (Å²) < 4.78 is 0. The summed E-state index contributed by atoms with van der Waals surface area (Å²) in [5.41, 5.74) is -0.608. The van der Waals surface area contributed by atoms with Gasteiger partial charge in [0.15, 0.2) is 0 Å². The summed E-state index contributed by atoms with van der Waals surface area (Å²) in [7, 11) is 0. The number of amides is 2. The number of carboxylic acids is 1. The van der Waals surface area contributed by atoms with E-state index < -0.39 is 11.4 Å². The van der Waals surface area contributed by atoms with Crippen LogP contribution in [-0.2, 0) is 9.59 Å². The van der Waals surface area contributed by atoms with Gasteiger partial charge in [0.2, 0.25) is 11.8 Å². The third-order valence-electron chi connectivity index (χ3n) is 4.48. The molecule has 1 aliphatic heterocycles. The van der Waals surface area contributed by atoms with Crippen LogP contribution >= 0.6 is 0 Å². The summed E-state index contributed by atoms with van der Waals surface area (Å²) in [6, 6.07) is 1.31. The van der Waals surface area contributed by atoms with Crippen molar-refractivity contribution in [2.24, 2.45) is 5.41 Å². The van der Waals surface area contributed by atoms with Crippen molar-refractivity contribution in [2.75, 3.05) is 4.90 Å². The van der Waals surface area contributed by atoms with Crippen LogP contribution in [0.2, 0.25) is 0 Å². The number of carbonyl (C=O) groups excluding carboxylic acids is 2. The van der Waals surface area contributed by atoms with Crippen LogP contribution in [0.1, 0.15) is 48.9 Å². The molecule has 2 amide bonds. The fourth-order valence-electron chi connectivity index (χ4n) is 3.40. The van der Waals surface area contributed by atoms with E-state index in [9.17, 15) is 19.5 Å². The highest BCUT2D eigenvalue weighted by atomic mass is 16.4. The Morgan fingerprint density at radius 3 is 2.62 bits per heavy atom. The fourth-order valence-corrected chi connectivity index (χ4v) is 3.40. The number of pyridine rings is 1. The first-order chi connectivity index (χ1) is 10.1. The Balaban J connectivity index is 2.02. The molecular weight excluding hydrogens is 272 g/mol. The zero-order valence-corrected chi connectivity index (χ0v) is 11.5. The lowest BCUT2D eigenvalue weighted by Crippen LogP contribution is -2.37. The number of nitrogens with zero attached hydrogens (tertiary/aromatic N) is 2. The van der Waals surface area contributed by atoms with Gasteiger partial charge in [0.05, 0.1) is 22.9 Å². The molecule has 2 aliphatic rings. The summed E-state index contributed by atoms with van der Waals surface area (Å²) in [5.74, 6) is -1.75. The van der Waals surface area contributed by atoms with Gasteiger partial charge in [-0.05, 0) is 18.9 Å². The molecule has 1 saturated carbocycles. The van der Waals surface area contributed by atoms with Crippen molar-refractivity contribution in [3.05, 3.63) is 24.0 Å². The first-order valence-corrected chi connectivity index (χ1v) is 7.10. The molecule has 1 aromatic heterocycles. The van der Waals surface area contributed by atoms with E-state index in [1.54, 1.807) is 0 Å². The third kappa shape index (κ3) is 2.11. The maximum absolute atomic E-state index is 12.8. The molecule has 0 bridgehead atoms. The zero-order chi connectivity index (χ0) is 15.0. The minimum absolute atomic E-state index is 0.0699. The lowest BCUT2D eigenvalue weighted by Gasteiger charge is -2.30. The first-order valence-electron chi connectivity index (χ1n) is 7.10. The maximum Gasteiger partial charge on any atom is 0.337 e. The van der Waals surface area contributed by atoms with Crippen LogP contribution in [0.15, 0.2) is 18.5 Å². The standard InChI is InChI=1S/C15H16N2O4/c18-12-8-15(5-2-1-3-6-15)14(21)17(12)11-9-16-7-4-10(11)13(19)20/h4,7,9H,1-3,5-6,8H2,(H,19,20). The minimum Gasteiger partial charge on any atom is -0.478 e. The Morgan fingerprint density at radius 1 is 1.24 bits per heavy atom. The van der Waals surface area contributed by atoms with Gasteiger partial charge in [0.25, 0.3) is 0 Å². The number of hydrogen-bond donors (Lipinski definition) is 1. The predicted molar refractivity (Wildman–Crippen MR) is 73.8 cm³/mol. The molecule has 2 heterocycles. The average molecular weight is 288 g/mol. The van der Waals surface area contributed by atoms with Crippen molar-refractivity contribution in [3.8, 4) is 0 Å². The van der Waals surface area contributed by atoms with Crippen molar-refractivity contribution >= 4 is 23.5 Å². The van der Waals surface area contributed by atoms with E-state index in [0.29, 0.717) is 12.8 Å². The van der Waals surface area contributed by atoms with Crippen molar-refractivity contribution < 1.29 is 19.5 Å². The molecule has 0 atom stereocenters. The Kier molecular flexibility index (Phi) is 3.23. The van der Waals surface area contributed by atoms with Crippen LogP contribution in [0, 0.1) is 5.41 Å². The topological polar surface area (TPSA) is 87.6 Å². The van der Waals surface area contributed by atoms with E-state index in [-0.39, 0.29) is 29.5 Å². The van der Waals surface area contributed by atoms with Crippen LogP contribution < -0.4 is 4.90 Å². The molecule has 1 aromatic rings. The van der Waals surface area contributed by atoms with Gasteiger partial charge in [0.1, 0.15) is 0 Å². The van der Waals surface area contributed by atoms with E-state index >= 15 is 0 Å². The second-order valence-corrected chi connectivity index (χ2v) is 5.75. The van der Waals surface area contributed by atoms with Crippen molar-refractivity contribution in [3.63, 3.8) is 0 Å². The van der Waals surface area contributed by atoms with E-state index in [2.05, 4.69) is 4.98 Å². The Labute approximate surface area is 121 Å². The number of aromatic carboxylic acids is 1. The van der Waals surface area contributed by atoms with Crippen molar-refractivity contribution in [2.45, 2.75) is 38.5 Å². The lowest BCUT2D eigenvalue weighted by molar-refractivity contribution is -0.127. The third-order valence-corrected chi connectivity index (χ3v) is 4.48. The second-order valence-electron chi connectivity index (χ2n) is 5.75. The summed E-state index contributed by atoms with van der Waals surface area (Å²) >= 11 is 0. The summed E-state index contributed by atoms with van der Waals surface area (Å²) in [6.45, 7) is 0. The number of aromatic nitrogens is 1. The molecule has 0 aromatic carbocycles. The molecule has 6 heteroatoms. The largest absolute Gasteiger partial charge is 0.478 e. The molecule has 1 saturated heterocycles. The van der Waals surface area contributed by atoms with Gasteiger partial charge in [0, 0.05) is 12.6 Å². The maximum atomic E-state index is 12.8. The molecule has 1 spiro atoms. The number of anilines is 1. The van der Waals surface area contributed by atoms with E-state index in [1.165, 1.54) is 18.5 Å². The van der Waals surface area contributed by atoms with Crippen LogP contribution in [-0.4, -0.2) is 27.9 Å². The molecule has 110 valence electrons. The molecule has 1 N–H and O–H groups in total. The average Bonchev–Trinajstić information content (AvgIpc) is 2.70. The highest BCUT2D eigenvalue weighted by Crippen LogP contribution is 2.46. The summed E-state index contributed by atoms with van der Waals surface area (Å²) in [4.78, 5) is 41.2. The zero-order valence-electron chi connectivity index (χ0n) is 11.5. The van der Waals surface area contributed by atoms with E-state index in [0.717, 1.165) is 24.2 Å². The number of hydrogen-bond acceptors (Lipinski definition) is 4. The van der Waals surface area contributed by atoms with Crippen molar-refractivity contribution in [1.82, 2.24) is 4.98 Å². The minimum atomic E-state index is -1.17. The molecular formula is C15H16N2O4. The van der Waals surface area contributed by atoms with Crippen LogP contribution in [0.4, 0.5) is 5.69 Å². The van der Waals surface area contributed by atoms with Crippen LogP contribution in [0.5, 0.6) is 0 Å². The van der Waals surface area contributed by atoms with E-state index in [4.69, 9.17) is 0 Å². The van der Waals surface area contributed by atoms with Gasteiger partial charge in [-0.2, -0.15) is 0 Å². The quantitative estimate of drug-likeness (QED) is 0.841. The number of carboxylic acid groups (broad SMARTS) is 1. The highest BCUT2D eigenvalue weighted by Gasteiger charge is 2.52. The molecule has 0 radical (unpaired) electrons. The SMILES string of the molecule is O=C(O)c1ccncc1N1C(=O)CC2(CCCCC2)C1=O. The predicted octanol–water partition coefficient (Wildman–Crippen LogP) is 1.99. The Morgan fingerprint density at radius 2 is 1.95 bits per heavy atom. The van der Waals surface area contributed by atoms with Gasteiger partial charge in [-0.1, -0.05) is 19.3 Å². The highest BCUT2D eigenvalue weighted by molar-refractivity contribution is 6.24. The Hall–Kier alpha value is -2.24. The van der Waals surface area contributed by atoms with Gasteiger partial charge in [-0.25, -0.2) is 9.69 Å². The second kappa shape index (κ2) is 4.95. The normalized spacial score (nSPS) is 21.0. The van der Waals surface area contributed by atoms with Crippen LogP contribution in [0.3, 0.4) is 0 Å². The molecule has 6 nitrogen and oxygen atoms in total. The summed E-state index contributed by atoms with van der Waals surface area (Å²) in [6.07, 6.45) is 7.16. The van der Waals surface area contributed by atoms with Crippen LogP contribution in [0.25, 0.3) is 0 Å². The number of rotatable bonds is 2. The number of imide groups is 1. The number of carbonyl (C=O) groups is 3. The van der Waals surface area contributed by atoms with E-state index in [1.807, 2.05) is 0 Å². The monoisotopic (exact) mass is 288 g/mol. The smallest absolute Gasteiger partial charge is 0.337 e. The van der Waals surface area contributed by atoms with Gasteiger partial charge in [-0.15, -0.1) is 0 Å². The molecule has 1 aliphatic carbocycles. The molecule has 3 rings (SSSR count). The molecule has 21 heavy (non-hydrogen) atoms. The molecule has 0 unspecified atom stereocenters. The lowest BCUT2D eigenvalue weighted by atomic mass is 9.73. The molecule has 2 fully saturated rings. The van der Waals surface area contributed by atoms with Gasteiger partial charge < -0.3 is 5.11 Å². The Bertz CT molecular complexity index is 620.